The average Bonchev–Trinajstić information content (AvgIpc) is 2.72. The molecule has 1 saturated heterocycles. The molecule has 2 aliphatic rings. The highest BCUT2D eigenvalue weighted by Gasteiger charge is 2.41. The van der Waals surface area contributed by atoms with Crippen LogP contribution in [0.2, 0.25) is 0 Å². The highest BCUT2D eigenvalue weighted by Crippen LogP contribution is 2.44. The van der Waals surface area contributed by atoms with Crippen molar-refractivity contribution in [3.63, 3.8) is 0 Å². The Morgan fingerprint density at radius 1 is 1.17 bits per heavy atom. The molecule has 2 fully saturated rings. The number of rotatable bonds is 4. The van der Waals surface area contributed by atoms with Crippen molar-refractivity contribution < 1.29 is 4.74 Å². The Morgan fingerprint density at radius 2 is 1.83 bits per heavy atom. The van der Waals surface area contributed by atoms with Crippen LogP contribution in [0, 0.1) is 17.8 Å². The molecule has 128 valence electrons. The summed E-state index contributed by atoms with van der Waals surface area (Å²) in [7, 11) is 0. The Bertz CT molecular complexity index is 482. The fourth-order valence-electron chi connectivity index (χ4n) is 4.29. The van der Waals surface area contributed by atoms with Gasteiger partial charge in [-0.15, -0.1) is 0 Å². The Morgan fingerprint density at radius 3 is 2.35 bits per heavy atom. The van der Waals surface area contributed by atoms with Gasteiger partial charge in [0.1, 0.15) is 11.9 Å². The molecule has 3 unspecified atom stereocenters. The van der Waals surface area contributed by atoms with Crippen molar-refractivity contribution in [2.75, 3.05) is 0 Å². The van der Waals surface area contributed by atoms with Gasteiger partial charge in [-0.05, 0) is 38.2 Å². The summed E-state index contributed by atoms with van der Waals surface area (Å²) in [5.74, 6) is 2.86. The predicted molar refractivity (Wildman–Crippen MR) is 100 cm³/mol. The lowest BCUT2D eigenvalue weighted by molar-refractivity contribution is 0.0570. The number of ether oxygens (including phenoxy) is 1. The summed E-state index contributed by atoms with van der Waals surface area (Å²) in [6.45, 7) is 12.7. The van der Waals surface area contributed by atoms with Crippen molar-refractivity contribution in [3.8, 4) is 0 Å². The molecule has 1 aliphatic heterocycles. The van der Waals surface area contributed by atoms with Crippen LogP contribution >= 0.6 is 0 Å². The molecule has 1 aliphatic carbocycles. The van der Waals surface area contributed by atoms with Crippen LogP contribution in [-0.4, -0.2) is 6.10 Å². The molecule has 1 heterocycles. The maximum absolute atomic E-state index is 6.52. The summed E-state index contributed by atoms with van der Waals surface area (Å²) in [4.78, 5) is 0. The molecule has 0 radical (unpaired) electrons. The van der Waals surface area contributed by atoms with Gasteiger partial charge in [0.15, 0.2) is 0 Å². The van der Waals surface area contributed by atoms with E-state index in [9.17, 15) is 0 Å². The minimum absolute atomic E-state index is 0.269. The fraction of sp³-hybridized carbons (Fsp3) is 0.636. The molecule has 2 rings (SSSR count). The smallest absolute Gasteiger partial charge is 0.122 e. The van der Waals surface area contributed by atoms with Gasteiger partial charge in [-0.2, -0.15) is 0 Å². The molecule has 1 saturated carbocycles. The first-order chi connectivity index (χ1) is 11.1. The third-order valence-corrected chi connectivity index (χ3v) is 5.54. The van der Waals surface area contributed by atoms with Gasteiger partial charge in [-0.3, -0.25) is 0 Å². The molecule has 0 bridgehead atoms. The molecule has 3 atom stereocenters. The zero-order chi connectivity index (χ0) is 16.8. The molecule has 23 heavy (non-hydrogen) atoms. The molecule has 1 nitrogen and oxygen atoms in total. The lowest BCUT2D eigenvalue weighted by atomic mass is 9.78. The minimum atomic E-state index is 0.269. The van der Waals surface area contributed by atoms with Gasteiger partial charge in [0.05, 0.1) is 0 Å². The topological polar surface area (TPSA) is 9.23 Å². The summed E-state index contributed by atoms with van der Waals surface area (Å²) in [6.07, 6.45) is 17.1. The van der Waals surface area contributed by atoms with Crippen LogP contribution in [0.5, 0.6) is 0 Å². The quantitative estimate of drug-likeness (QED) is 0.420. The standard InChI is InChI=1S/C22H34O/c1-6-12-19-20(13-7-2)22(23-21(19)16(3)4)17(5)18-14-10-8-9-11-15-18/h6-7,12-13,17-18,20,22H,1,8-11,14-15H2,2-5H3/b13-7-,19-12-. The maximum Gasteiger partial charge on any atom is 0.122 e. The van der Waals surface area contributed by atoms with E-state index in [-0.39, 0.29) is 6.10 Å². The SMILES string of the molecule is C=C/C=C1\C(=C(C)C)OC(C(C)C2CCCCCC2)C1/C=C\C. The second kappa shape index (κ2) is 8.57. The van der Waals surface area contributed by atoms with Crippen LogP contribution in [0.1, 0.15) is 66.2 Å². The average molecular weight is 315 g/mol. The van der Waals surface area contributed by atoms with Gasteiger partial charge in [-0.1, -0.05) is 76.3 Å². The van der Waals surface area contributed by atoms with Gasteiger partial charge in [-0.25, -0.2) is 0 Å². The summed E-state index contributed by atoms with van der Waals surface area (Å²) < 4.78 is 6.52. The molecule has 0 N–H and O–H groups in total. The second-order valence-electron chi connectivity index (χ2n) is 7.43. The molecule has 0 aromatic carbocycles. The van der Waals surface area contributed by atoms with E-state index in [1.807, 2.05) is 6.08 Å². The minimum Gasteiger partial charge on any atom is -0.489 e. The zero-order valence-electron chi connectivity index (χ0n) is 15.5. The first kappa shape index (κ1) is 18.1. The summed E-state index contributed by atoms with van der Waals surface area (Å²) in [6, 6.07) is 0. The van der Waals surface area contributed by atoms with Gasteiger partial charge < -0.3 is 4.74 Å². The summed E-state index contributed by atoms with van der Waals surface area (Å²) >= 11 is 0. The van der Waals surface area contributed by atoms with Crippen LogP contribution in [-0.2, 0) is 4.74 Å². The van der Waals surface area contributed by atoms with Crippen LogP contribution < -0.4 is 0 Å². The zero-order valence-corrected chi connectivity index (χ0v) is 15.5. The number of hydrogen-bond donors (Lipinski definition) is 0. The normalized spacial score (nSPS) is 29.6. The predicted octanol–water partition coefficient (Wildman–Crippen LogP) is 6.59. The van der Waals surface area contributed by atoms with Crippen LogP contribution in [0.4, 0.5) is 0 Å². The van der Waals surface area contributed by atoms with Crippen LogP contribution in [0.15, 0.2) is 47.8 Å². The summed E-state index contributed by atoms with van der Waals surface area (Å²) in [5, 5.41) is 0. The molecular weight excluding hydrogens is 280 g/mol. The van der Waals surface area contributed by atoms with Gasteiger partial charge in [0.25, 0.3) is 0 Å². The third kappa shape index (κ3) is 4.19. The molecule has 1 heteroatoms. The van der Waals surface area contributed by atoms with Crippen molar-refractivity contribution in [2.24, 2.45) is 17.8 Å². The lowest BCUT2D eigenvalue weighted by Gasteiger charge is -2.30. The monoisotopic (exact) mass is 314 g/mol. The van der Waals surface area contributed by atoms with Crippen molar-refractivity contribution >= 4 is 0 Å². The Hall–Kier alpha value is -1.24. The van der Waals surface area contributed by atoms with Crippen molar-refractivity contribution in [1.82, 2.24) is 0 Å². The number of allylic oxidation sites excluding steroid dienone is 5. The maximum atomic E-state index is 6.52. The number of hydrogen-bond acceptors (Lipinski definition) is 1. The van der Waals surface area contributed by atoms with E-state index in [0.717, 1.165) is 11.7 Å². The Kier molecular flexibility index (Phi) is 6.74. The largest absolute Gasteiger partial charge is 0.489 e. The van der Waals surface area contributed by atoms with Crippen molar-refractivity contribution in [1.29, 1.82) is 0 Å². The van der Waals surface area contributed by atoms with Gasteiger partial charge in [0, 0.05) is 11.5 Å². The molecule has 0 aromatic rings. The first-order valence-electron chi connectivity index (χ1n) is 9.40. The van der Waals surface area contributed by atoms with E-state index in [1.54, 1.807) is 0 Å². The van der Waals surface area contributed by atoms with Crippen LogP contribution in [0.3, 0.4) is 0 Å². The fourth-order valence-corrected chi connectivity index (χ4v) is 4.29. The van der Waals surface area contributed by atoms with E-state index in [2.05, 4.69) is 52.5 Å². The van der Waals surface area contributed by atoms with Crippen molar-refractivity contribution in [2.45, 2.75) is 72.3 Å². The van der Waals surface area contributed by atoms with E-state index < -0.39 is 0 Å². The molecule has 0 aromatic heterocycles. The molecular formula is C22H34O. The highest BCUT2D eigenvalue weighted by molar-refractivity contribution is 5.41. The van der Waals surface area contributed by atoms with E-state index in [4.69, 9.17) is 4.74 Å². The first-order valence-corrected chi connectivity index (χ1v) is 9.40. The Balaban J connectivity index is 2.30. The van der Waals surface area contributed by atoms with Crippen LogP contribution in [0.25, 0.3) is 0 Å². The summed E-state index contributed by atoms with van der Waals surface area (Å²) in [5.41, 5.74) is 2.58. The lowest BCUT2D eigenvalue weighted by Crippen LogP contribution is -2.29. The second-order valence-corrected chi connectivity index (χ2v) is 7.43. The van der Waals surface area contributed by atoms with E-state index in [0.29, 0.717) is 11.8 Å². The highest BCUT2D eigenvalue weighted by atomic mass is 16.5. The van der Waals surface area contributed by atoms with Crippen molar-refractivity contribution in [3.05, 3.63) is 47.8 Å². The third-order valence-electron chi connectivity index (χ3n) is 5.54. The van der Waals surface area contributed by atoms with Gasteiger partial charge >= 0.3 is 0 Å². The Labute approximate surface area is 143 Å². The van der Waals surface area contributed by atoms with E-state index in [1.165, 1.54) is 49.7 Å². The van der Waals surface area contributed by atoms with Gasteiger partial charge in [0.2, 0.25) is 0 Å². The van der Waals surface area contributed by atoms with E-state index >= 15 is 0 Å². The molecule has 0 spiro atoms. The molecule has 0 amide bonds.